The SMILES string of the molecule is O=C(Nc1ccc(C(=O)N2CCC(c3nc4cc(Cl)ccc4o3)CC2)cc1)C1CC1. The van der Waals surface area contributed by atoms with Gasteiger partial charge in [0.25, 0.3) is 5.91 Å². The number of anilines is 1. The van der Waals surface area contributed by atoms with Crippen molar-refractivity contribution < 1.29 is 14.0 Å². The number of likely N-dealkylation sites (tertiary alicyclic amines) is 1. The second kappa shape index (κ2) is 7.76. The average Bonchev–Trinajstić information content (AvgIpc) is 3.54. The zero-order valence-electron chi connectivity index (χ0n) is 16.4. The Morgan fingerprint density at radius 3 is 2.47 bits per heavy atom. The number of hydrogen-bond acceptors (Lipinski definition) is 4. The van der Waals surface area contributed by atoms with Gasteiger partial charge in [-0.2, -0.15) is 0 Å². The van der Waals surface area contributed by atoms with E-state index in [4.69, 9.17) is 16.0 Å². The maximum atomic E-state index is 12.9. The molecule has 0 unspecified atom stereocenters. The summed E-state index contributed by atoms with van der Waals surface area (Å²) in [5.74, 6) is 1.15. The van der Waals surface area contributed by atoms with Gasteiger partial charge in [-0.15, -0.1) is 0 Å². The monoisotopic (exact) mass is 423 g/mol. The standard InChI is InChI=1S/C23H22ClN3O3/c24-17-5-8-20-19(13-17)26-22(30-20)15-9-11-27(12-10-15)23(29)16-3-6-18(7-4-16)25-21(28)14-1-2-14/h3-8,13-15H,1-2,9-12H2,(H,25,28). The third-order valence-electron chi connectivity index (χ3n) is 5.85. The van der Waals surface area contributed by atoms with Crippen LogP contribution in [0.2, 0.25) is 5.02 Å². The molecule has 0 radical (unpaired) electrons. The fraction of sp³-hybridized carbons (Fsp3) is 0.348. The molecule has 2 amide bonds. The highest BCUT2D eigenvalue weighted by Gasteiger charge is 2.30. The highest BCUT2D eigenvalue weighted by molar-refractivity contribution is 6.31. The summed E-state index contributed by atoms with van der Waals surface area (Å²) < 4.78 is 5.90. The van der Waals surface area contributed by atoms with Gasteiger partial charge in [-0.25, -0.2) is 4.98 Å². The first kappa shape index (κ1) is 19.1. The lowest BCUT2D eigenvalue weighted by molar-refractivity contribution is -0.117. The molecule has 7 heteroatoms. The van der Waals surface area contributed by atoms with Gasteiger partial charge in [0.1, 0.15) is 5.52 Å². The van der Waals surface area contributed by atoms with Crippen LogP contribution in [0, 0.1) is 5.92 Å². The van der Waals surface area contributed by atoms with Crippen molar-refractivity contribution in [1.29, 1.82) is 0 Å². The molecule has 2 heterocycles. The molecule has 154 valence electrons. The molecule has 1 N–H and O–H groups in total. The summed E-state index contributed by atoms with van der Waals surface area (Å²) >= 11 is 6.03. The number of piperidine rings is 1. The molecule has 2 fully saturated rings. The smallest absolute Gasteiger partial charge is 0.253 e. The highest BCUT2D eigenvalue weighted by atomic mass is 35.5. The van der Waals surface area contributed by atoms with Crippen molar-refractivity contribution >= 4 is 40.2 Å². The van der Waals surface area contributed by atoms with Gasteiger partial charge >= 0.3 is 0 Å². The molecule has 3 aromatic rings. The van der Waals surface area contributed by atoms with Gasteiger partial charge in [-0.05, 0) is 68.1 Å². The first-order valence-corrected chi connectivity index (χ1v) is 10.7. The summed E-state index contributed by atoms with van der Waals surface area (Å²) in [6, 6.07) is 12.6. The van der Waals surface area contributed by atoms with Crippen LogP contribution in [0.25, 0.3) is 11.1 Å². The van der Waals surface area contributed by atoms with Crippen LogP contribution in [0.4, 0.5) is 5.69 Å². The van der Waals surface area contributed by atoms with E-state index in [0.29, 0.717) is 23.7 Å². The molecule has 1 saturated heterocycles. The second-order valence-corrected chi connectivity index (χ2v) is 8.51. The average molecular weight is 424 g/mol. The third kappa shape index (κ3) is 3.92. The minimum Gasteiger partial charge on any atom is -0.440 e. The molecular weight excluding hydrogens is 402 g/mol. The molecule has 5 rings (SSSR count). The highest BCUT2D eigenvalue weighted by Crippen LogP contribution is 2.32. The van der Waals surface area contributed by atoms with Gasteiger partial charge in [0, 0.05) is 41.2 Å². The van der Waals surface area contributed by atoms with E-state index in [2.05, 4.69) is 10.3 Å². The van der Waals surface area contributed by atoms with Crippen molar-refractivity contribution in [3.8, 4) is 0 Å². The van der Waals surface area contributed by atoms with Crippen LogP contribution in [-0.2, 0) is 4.79 Å². The largest absolute Gasteiger partial charge is 0.440 e. The van der Waals surface area contributed by atoms with E-state index >= 15 is 0 Å². The second-order valence-electron chi connectivity index (χ2n) is 8.07. The van der Waals surface area contributed by atoms with E-state index in [0.717, 1.165) is 48.4 Å². The van der Waals surface area contributed by atoms with Gasteiger partial charge in [0.05, 0.1) is 0 Å². The summed E-state index contributed by atoms with van der Waals surface area (Å²) in [5.41, 5.74) is 2.87. The van der Waals surface area contributed by atoms with Crippen LogP contribution >= 0.6 is 11.6 Å². The lowest BCUT2D eigenvalue weighted by atomic mass is 9.96. The Kier molecular flexibility index (Phi) is 4.95. The van der Waals surface area contributed by atoms with Gasteiger partial charge < -0.3 is 14.6 Å². The van der Waals surface area contributed by atoms with E-state index in [1.807, 2.05) is 11.0 Å². The molecule has 1 saturated carbocycles. The molecule has 0 bridgehead atoms. The van der Waals surface area contributed by atoms with Crippen molar-refractivity contribution in [1.82, 2.24) is 9.88 Å². The van der Waals surface area contributed by atoms with E-state index in [1.54, 1.807) is 36.4 Å². The summed E-state index contributed by atoms with van der Waals surface area (Å²) in [5, 5.41) is 3.54. The Labute approximate surface area is 179 Å². The number of benzene rings is 2. The van der Waals surface area contributed by atoms with Crippen LogP contribution < -0.4 is 5.32 Å². The number of nitrogens with zero attached hydrogens (tertiary/aromatic N) is 2. The molecule has 30 heavy (non-hydrogen) atoms. The van der Waals surface area contributed by atoms with Gasteiger partial charge in [0.15, 0.2) is 11.5 Å². The zero-order chi connectivity index (χ0) is 20.7. The van der Waals surface area contributed by atoms with E-state index in [9.17, 15) is 9.59 Å². The van der Waals surface area contributed by atoms with Crippen molar-refractivity contribution in [2.75, 3.05) is 18.4 Å². The first-order valence-electron chi connectivity index (χ1n) is 10.3. The maximum absolute atomic E-state index is 12.9. The number of fused-ring (bicyclic) bond motifs is 1. The molecule has 2 aliphatic rings. The summed E-state index contributed by atoms with van der Waals surface area (Å²) in [6.45, 7) is 1.31. The molecule has 1 aliphatic heterocycles. The summed E-state index contributed by atoms with van der Waals surface area (Å²) in [4.78, 5) is 31.2. The number of aromatic nitrogens is 1. The lowest BCUT2D eigenvalue weighted by Gasteiger charge is -2.30. The Bertz CT molecular complexity index is 1100. The van der Waals surface area contributed by atoms with E-state index < -0.39 is 0 Å². The summed E-state index contributed by atoms with van der Waals surface area (Å²) in [7, 11) is 0. The number of hydrogen-bond donors (Lipinski definition) is 1. The predicted octanol–water partition coefficient (Wildman–Crippen LogP) is 4.85. The van der Waals surface area contributed by atoms with Crippen LogP contribution in [0.3, 0.4) is 0 Å². The fourth-order valence-corrected chi connectivity index (χ4v) is 4.06. The Morgan fingerprint density at radius 2 is 1.77 bits per heavy atom. The lowest BCUT2D eigenvalue weighted by Crippen LogP contribution is -2.38. The number of oxazole rings is 1. The van der Waals surface area contributed by atoms with Gasteiger partial charge in [-0.1, -0.05) is 11.6 Å². The number of amides is 2. The topological polar surface area (TPSA) is 75.4 Å². The van der Waals surface area contributed by atoms with E-state index in [1.165, 1.54) is 0 Å². The number of carbonyl (C=O) groups excluding carboxylic acids is 2. The molecule has 2 aromatic carbocycles. The maximum Gasteiger partial charge on any atom is 0.253 e. The summed E-state index contributed by atoms with van der Waals surface area (Å²) in [6.07, 6.45) is 3.55. The fourth-order valence-electron chi connectivity index (χ4n) is 3.89. The van der Waals surface area contributed by atoms with Crippen molar-refractivity contribution in [3.63, 3.8) is 0 Å². The van der Waals surface area contributed by atoms with Crippen LogP contribution in [0.15, 0.2) is 46.9 Å². The third-order valence-corrected chi connectivity index (χ3v) is 6.08. The van der Waals surface area contributed by atoms with Crippen LogP contribution in [0.1, 0.15) is 47.8 Å². The van der Waals surface area contributed by atoms with Crippen molar-refractivity contribution in [2.45, 2.75) is 31.6 Å². The molecule has 6 nitrogen and oxygen atoms in total. The molecule has 0 spiro atoms. The number of nitrogens with one attached hydrogen (secondary N) is 1. The Balaban J connectivity index is 1.20. The number of halogens is 1. The normalized spacial score (nSPS) is 17.3. The molecule has 1 aromatic heterocycles. The van der Waals surface area contributed by atoms with Gasteiger partial charge in [-0.3, -0.25) is 9.59 Å². The number of rotatable bonds is 4. The zero-order valence-corrected chi connectivity index (χ0v) is 17.2. The molecular formula is C23H22ClN3O3. The Morgan fingerprint density at radius 1 is 1.03 bits per heavy atom. The van der Waals surface area contributed by atoms with Crippen molar-refractivity contribution in [2.24, 2.45) is 5.92 Å². The minimum absolute atomic E-state index is 0.0119. The quantitative estimate of drug-likeness (QED) is 0.650. The minimum atomic E-state index is 0.0119. The van der Waals surface area contributed by atoms with E-state index in [-0.39, 0.29) is 23.7 Å². The molecule has 0 atom stereocenters. The van der Waals surface area contributed by atoms with Gasteiger partial charge in [0.2, 0.25) is 5.91 Å². The van der Waals surface area contributed by atoms with Crippen LogP contribution in [0.5, 0.6) is 0 Å². The van der Waals surface area contributed by atoms with Crippen molar-refractivity contribution in [3.05, 3.63) is 58.9 Å². The van der Waals surface area contributed by atoms with Crippen LogP contribution in [-0.4, -0.2) is 34.8 Å². The number of carbonyl (C=O) groups is 2. The predicted molar refractivity (Wildman–Crippen MR) is 115 cm³/mol. The first-order chi connectivity index (χ1) is 14.6. The molecule has 1 aliphatic carbocycles. The Hall–Kier alpha value is -2.86.